The molecular formula is C27H31N3O3S. The van der Waals surface area contributed by atoms with E-state index in [1.807, 2.05) is 60.0 Å². The first-order valence-corrected chi connectivity index (χ1v) is 12.6. The highest BCUT2D eigenvalue weighted by molar-refractivity contribution is 7.12. The van der Waals surface area contributed by atoms with Crippen molar-refractivity contribution in [3.8, 4) is 5.75 Å². The first-order chi connectivity index (χ1) is 16.7. The highest BCUT2D eigenvalue weighted by atomic mass is 32.1. The van der Waals surface area contributed by atoms with Crippen LogP contribution in [0.4, 0.5) is 0 Å². The highest BCUT2D eigenvalue weighted by Gasteiger charge is 2.28. The van der Waals surface area contributed by atoms with E-state index in [9.17, 15) is 9.59 Å². The molecule has 2 heterocycles. The first-order valence-electron chi connectivity index (χ1n) is 11.7. The van der Waals surface area contributed by atoms with E-state index in [0.29, 0.717) is 17.8 Å². The molecule has 2 amide bonds. The number of ether oxygens (including phenoxy) is 1. The normalized spacial score (nSPS) is 15.4. The van der Waals surface area contributed by atoms with Gasteiger partial charge in [0.2, 0.25) is 5.91 Å². The molecule has 2 atom stereocenters. The van der Waals surface area contributed by atoms with E-state index in [4.69, 9.17) is 4.74 Å². The zero-order valence-corrected chi connectivity index (χ0v) is 20.2. The molecule has 2 N–H and O–H groups in total. The second kappa shape index (κ2) is 11.8. The molecule has 0 radical (unpaired) electrons. The van der Waals surface area contributed by atoms with Crippen molar-refractivity contribution < 1.29 is 14.3 Å². The molecule has 2 aromatic carbocycles. The van der Waals surface area contributed by atoms with Crippen LogP contribution < -0.4 is 15.4 Å². The second-order valence-corrected chi connectivity index (χ2v) is 9.39. The maximum atomic E-state index is 13.4. The molecule has 7 heteroatoms. The summed E-state index contributed by atoms with van der Waals surface area (Å²) in [4.78, 5) is 29.1. The number of hydrogen-bond acceptors (Lipinski definition) is 5. The lowest BCUT2D eigenvalue weighted by Crippen LogP contribution is -2.49. The Balaban J connectivity index is 1.50. The molecule has 34 heavy (non-hydrogen) atoms. The maximum absolute atomic E-state index is 13.4. The molecular weight excluding hydrogens is 446 g/mol. The van der Waals surface area contributed by atoms with Crippen molar-refractivity contribution in [1.82, 2.24) is 15.5 Å². The number of carbonyl (C=O) groups is 2. The number of nitrogens with zero attached hydrogens (tertiary/aromatic N) is 1. The smallest absolute Gasteiger partial charge is 0.262 e. The van der Waals surface area contributed by atoms with E-state index in [0.717, 1.165) is 42.8 Å². The predicted octanol–water partition coefficient (Wildman–Crippen LogP) is 4.05. The van der Waals surface area contributed by atoms with E-state index in [-0.39, 0.29) is 17.9 Å². The van der Waals surface area contributed by atoms with Crippen molar-refractivity contribution in [2.24, 2.45) is 0 Å². The highest BCUT2D eigenvalue weighted by Crippen LogP contribution is 2.31. The van der Waals surface area contributed by atoms with Gasteiger partial charge in [0.25, 0.3) is 5.91 Å². The summed E-state index contributed by atoms with van der Waals surface area (Å²) in [6, 6.07) is 20.7. The molecule has 3 aromatic rings. The lowest BCUT2D eigenvalue weighted by Gasteiger charge is -2.30. The predicted molar refractivity (Wildman–Crippen MR) is 135 cm³/mol. The number of methoxy groups -OCH3 is 1. The number of para-hydroxylation sites is 1. The van der Waals surface area contributed by atoms with Crippen molar-refractivity contribution in [2.75, 3.05) is 26.7 Å². The van der Waals surface area contributed by atoms with Crippen LogP contribution in [0.2, 0.25) is 0 Å². The van der Waals surface area contributed by atoms with Crippen LogP contribution >= 0.6 is 11.3 Å². The fourth-order valence-electron chi connectivity index (χ4n) is 4.45. The summed E-state index contributed by atoms with van der Waals surface area (Å²) in [6.45, 7) is 2.42. The Kier molecular flexibility index (Phi) is 8.33. The summed E-state index contributed by atoms with van der Waals surface area (Å²) < 4.78 is 5.62. The first kappa shape index (κ1) is 24.0. The second-order valence-electron chi connectivity index (χ2n) is 8.44. The van der Waals surface area contributed by atoms with E-state index in [1.165, 1.54) is 11.3 Å². The zero-order valence-electron chi connectivity index (χ0n) is 19.4. The Morgan fingerprint density at radius 1 is 1.00 bits per heavy atom. The molecule has 4 rings (SSSR count). The van der Waals surface area contributed by atoms with Gasteiger partial charge >= 0.3 is 0 Å². The van der Waals surface area contributed by atoms with Crippen molar-refractivity contribution >= 4 is 23.2 Å². The standard InChI is InChI=1S/C27H31N3O3S/c1-33-24-13-6-5-12-21(24)23(30-15-7-8-16-30)19-28-26(31)22(18-20-10-3-2-4-11-20)29-27(32)25-14-9-17-34-25/h2-6,9-14,17,22-23H,7-8,15-16,18-19H2,1H3,(H,28,31)(H,29,32)/t22-,23-/m0/s1. The molecule has 0 aliphatic carbocycles. The number of carbonyl (C=O) groups excluding carboxylic acids is 2. The molecule has 1 aromatic heterocycles. The minimum absolute atomic E-state index is 0.00738. The summed E-state index contributed by atoms with van der Waals surface area (Å²) in [5.41, 5.74) is 2.06. The molecule has 1 aliphatic rings. The molecule has 178 valence electrons. The average molecular weight is 478 g/mol. The topological polar surface area (TPSA) is 70.7 Å². The van der Waals surface area contributed by atoms with Gasteiger partial charge in [-0.1, -0.05) is 54.6 Å². The molecule has 1 saturated heterocycles. The number of amides is 2. The molecule has 1 fully saturated rings. The zero-order chi connectivity index (χ0) is 23.8. The van der Waals surface area contributed by atoms with Crippen LogP contribution in [0.1, 0.15) is 39.7 Å². The number of thiophene rings is 1. The summed E-state index contributed by atoms with van der Waals surface area (Å²) in [7, 11) is 1.68. The van der Waals surface area contributed by atoms with Gasteiger partial charge in [0.1, 0.15) is 11.8 Å². The molecule has 6 nitrogen and oxygen atoms in total. The monoisotopic (exact) mass is 477 g/mol. The molecule has 1 aliphatic heterocycles. The fourth-order valence-corrected chi connectivity index (χ4v) is 5.07. The van der Waals surface area contributed by atoms with Gasteiger partial charge < -0.3 is 15.4 Å². The van der Waals surface area contributed by atoms with Gasteiger partial charge in [0.15, 0.2) is 0 Å². The minimum Gasteiger partial charge on any atom is -0.496 e. The third kappa shape index (κ3) is 6.04. The van der Waals surface area contributed by atoms with Crippen LogP contribution in [0.3, 0.4) is 0 Å². The SMILES string of the molecule is COc1ccccc1[C@H](CNC(=O)[C@H](Cc1ccccc1)NC(=O)c1cccs1)N1CCCC1. The van der Waals surface area contributed by atoms with Gasteiger partial charge in [-0.3, -0.25) is 14.5 Å². The van der Waals surface area contributed by atoms with E-state index < -0.39 is 6.04 Å². The van der Waals surface area contributed by atoms with Crippen molar-refractivity contribution in [3.05, 3.63) is 88.1 Å². The van der Waals surface area contributed by atoms with Gasteiger partial charge in [-0.2, -0.15) is 0 Å². The summed E-state index contributed by atoms with van der Waals surface area (Å²) >= 11 is 1.36. The van der Waals surface area contributed by atoms with Gasteiger partial charge in [-0.15, -0.1) is 11.3 Å². The third-order valence-corrected chi connectivity index (χ3v) is 7.07. The number of likely N-dealkylation sites (tertiary alicyclic amines) is 1. The lowest BCUT2D eigenvalue weighted by atomic mass is 10.0. The fraction of sp³-hybridized carbons (Fsp3) is 0.333. The Hall–Kier alpha value is -3.16. The Bertz CT molecular complexity index is 1070. The van der Waals surface area contributed by atoms with Crippen molar-refractivity contribution in [3.63, 3.8) is 0 Å². The van der Waals surface area contributed by atoms with Crippen LogP contribution in [0.15, 0.2) is 72.1 Å². The van der Waals surface area contributed by atoms with Crippen LogP contribution in [-0.2, 0) is 11.2 Å². The van der Waals surface area contributed by atoms with Crippen LogP contribution in [-0.4, -0.2) is 49.5 Å². The largest absolute Gasteiger partial charge is 0.496 e. The lowest BCUT2D eigenvalue weighted by molar-refractivity contribution is -0.123. The average Bonchev–Trinajstić information content (AvgIpc) is 3.59. The number of benzene rings is 2. The van der Waals surface area contributed by atoms with Gasteiger partial charge in [-0.05, 0) is 49.0 Å². The van der Waals surface area contributed by atoms with Gasteiger partial charge in [0.05, 0.1) is 18.0 Å². The van der Waals surface area contributed by atoms with Crippen LogP contribution in [0.25, 0.3) is 0 Å². The molecule has 0 saturated carbocycles. The van der Waals surface area contributed by atoms with Crippen molar-refractivity contribution in [2.45, 2.75) is 31.3 Å². The Morgan fingerprint density at radius 3 is 2.44 bits per heavy atom. The van der Waals surface area contributed by atoms with Gasteiger partial charge in [0, 0.05) is 18.5 Å². The molecule has 0 bridgehead atoms. The summed E-state index contributed by atoms with van der Waals surface area (Å²) in [5.74, 6) is 0.403. The van der Waals surface area contributed by atoms with E-state index in [1.54, 1.807) is 13.2 Å². The van der Waals surface area contributed by atoms with Crippen LogP contribution in [0, 0.1) is 0 Å². The molecule has 0 unspecified atom stereocenters. The quantitative estimate of drug-likeness (QED) is 0.462. The summed E-state index contributed by atoms with van der Waals surface area (Å²) in [6.07, 6.45) is 2.72. The Labute approximate surface area is 204 Å². The summed E-state index contributed by atoms with van der Waals surface area (Å²) in [5, 5.41) is 7.93. The molecule has 0 spiro atoms. The number of hydrogen-bond donors (Lipinski definition) is 2. The third-order valence-electron chi connectivity index (χ3n) is 6.20. The van der Waals surface area contributed by atoms with E-state index in [2.05, 4.69) is 21.6 Å². The minimum atomic E-state index is -0.672. The number of nitrogens with one attached hydrogen (secondary N) is 2. The maximum Gasteiger partial charge on any atom is 0.262 e. The van der Waals surface area contributed by atoms with Crippen molar-refractivity contribution in [1.29, 1.82) is 0 Å². The van der Waals surface area contributed by atoms with Gasteiger partial charge in [-0.25, -0.2) is 0 Å². The number of rotatable bonds is 10. The van der Waals surface area contributed by atoms with E-state index >= 15 is 0 Å². The Morgan fingerprint density at radius 2 is 1.74 bits per heavy atom. The van der Waals surface area contributed by atoms with Crippen LogP contribution in [0.5, 0.6) is 5.75 Å².